The Balaban J connectivity index is 5.32. The van der Waals surface area contributed by atoms with E-state index in [1.807, 2.05) is 20.8 Å². The van der Waals surface area contributed by atoms with E-state index in [0.29, 0.717) is 19.3 Å². The maximum Gasteiger partial charge on any atom is 0.305 e. The molecule has 0 aliphatic rings. The first-order chi connectivity index (χ1) is 17.8. The highest BCUT2D eigenvalue weighted by atomic mass is 16.6. The van der Waals surface area contributed by atoms with Crippen LogP contribution in [0.1, 0.15) is 130 Å². The minimum absolute atomic E-state index is 0.176. The average Bonchev–Trinajstić information content (AvgIpc) is 2.90. The Labute approximate surface area is 224 Å². The average molecular weight is 529 g/mol. The molecule has 8 heteroatoms. The molecular weight excluding hydrogens is 476 g/mol. The van der Waals surface area contributed by atoms with Crippen molar-refractivity contribution in [3.05, 3.63) is 0 Å². The molecule has 0 aliphatic carbocycles. The van der Waals surface area contributed by atoms with Crippen molar-refractivity contribution in [1.29, 1.82) is 0 Å². The monoisotopic (exact) mass is 528 g/mol. The first kappa shape index (κ1) is 34.9. The van der Waals surface area contributed by atoms with Crippen LogP contribution in [0.25, 0.3) is 0 Å². The zero-order valence-corrected chi connectivity index (χ0v) is 23.9. The molecular formula is C29H52O8. The number of carbonyl (C=O) groups excluding carboxylic acids is 4. The summed E-state index contributed by atoms with van der Waals surface area (Å²) in [5.41, 5.74) is -1.16. The minimum atomic E-state index is -1.16. The summed E-state index contributed by atoms with van der Waals surface area (Å²) in [6, 6.07) is 0. The predicted molar refractivity (Wildman–Crippen MR) is 143 cm³/mol. The number of unbranched alkanes of at least 4 members (excludes halogenated alkanes) is 8. The smallest absolute Gasteiger partial charge is 0.305 e. The van der Waals surface area contributed by atoms with Crippen molar-refractivity contribution in [2.75, 3.05) is 26.4 Å². The van der Waals surface area contributed by atoms with Crippen molar-refractivity contribution in [2.45, 2.75) is 130 Å². The lowest BCUT2D eigenvalue weighted by Gasteiger charge is -2.31. The Kier molecular flexibility index (Phi) is 21.7. The molecule has 37 heavy (non-hydrogen) atoms. The van der Waals surface area contributed by atoms with Gasteiger partial charge in [0.05, 0.1) is 0 Å². The van der Waals surface area contributed by atoms with Crippen LogP contribution < -0.4 is 0 Å². The van der Waals surface area contributed by atoms with Crippen molar-refractivity contribution in [3.63, 3.8) is 0 Å². The molecule has 0 rings (SSSR count). The van der Waals surface area contributed by atoms with E-state index in [1.165, 1.54) is 12.8 Å². The van der Waals surface area contributed by atoms with E-state index in [-0.39, 0.29) is 76.0 Å². The van der Waals surface area contributed by atoms with Gasteiger partial charge in [0.2, 0.25) is 0 Å². The zero-order chi connectivity index (χ0) is 27.8. The van der Waals surface area contributed by atoms with Gasteiger partial charge in [-0.3, -0.25) is 19.2 Å². The van der Waals surface area contributed by atoms with Crippen LogP contribution in [0.5, 0.6) is 0 Å². The van der Waals surface area contributed by atoms with E-state index < -0.39 is 5.41 Å². The number of hydrogen-bond donors (Lipinski definition) is 0. The highest BCUT2D eigenvalue weighted by molar-refractivity contribution is 5.71. The summed E-state index contributed by atoms with van der Waals surface area (Å²) >= 11 is 0. The third kappa shape index (κ3) is 19.6. The maximum absolute atomic E-state index is 12.5. The number of hydrogen-bond acceptors (Lipinski definition) is 8. The lowest BCUT2D eigenvalue weighted by atomic mass is 9.92. The van der Waals surface area contributed by atoms with Crippen molar-refractivity contribution in [2.24, 2.45) is 5.41 Å². The summed E-state index contributed by atoms with van der Waals surface area (Å²) in [6.45, 7) is 7.38. The second-order valence-corrected chi connectivity index (χ2v) is 9.97. The lowest BCUT2D eigenvalue weighted by molar-refractivity contribution is -0.170. The molecule has 8 nitrogen and oxygen atoms in total. The second kappa shape index (κ2) is 23.0. The number of rotatable bonds is 24. The molecule has 0 spiro atoms. The SMILES string of the molecule is CCCCCCCCC(=O)OCC(COC(=O)CCCC)(COC(=O)CCCC)COC(=O)CCCC. The first-order valence-electron chi connectivity index (χ1n) is 14.4. The third-order valence-electron chi connectivity index (χ3n) is 6.10. The summed E-state index contributed by atoms with van der Waals surface area (Å²) in [5, 5.41) is 0. The minimum Gasteiger partial charge on any atom is -0.465 e. The van der Waals surface area contributed by atoms with Crippen LogP contribution in [0.2, 0.25) is 0 Å². The van der Waals surface area contributed by atoms with Crippen molar-refractivity contribution in [3.8, 4) is 0 Å². The lowest BCUT2D eigenvalue weighted by Crippen LogP contribution is -2.44. The van der Waals surface area contributed by atoms with Gasteiger partial charge in [-0.15, -0.1) is 0 Å². The van der Waals surface area contributed by atoms with E-state index >= 15 is 0 Å². The van der Waals surface area contributed by atoms with Gasteiger partial charge in [0, 0.05) is 25.7 Å². The molecule has 0 aromatic heterocycles. The molecule has 0 N–H and O–H groups in total. The zero-order valence-electron chi connectivity index (χ0n) is 23.9. The van der Waals surface area contributed by atoms with Crippen LogP contribution in [-0.4, -0.2) is 50.3 Å². The molecule has 0 bridgehead atoms. The molecule has 0 heterocycles. The summed E-state index contributed by atoms with van der Waals surface area (Å²) < 4.78 is 22.0. The molecule has 216 valence electrons. The van der Waals surface area contributed by atoms with Gasteiger partial charge in [-0.25, -0.2) is 0 Å². The number of ether oxygens (including phenoxy) is 4. The Hall–Kier alpha value is -2.12. The van der Waals surface area contributed by atoms with E-state index in [2.05, 4.69) is 6.92 Å². The number of esters is 4. The quantitative estimate of drug-likeness (QED) is 0.0797. The number of carbonyl (C=O) groups is 4. The highest BCUT2D eigenvalue weighted by Gasteiger charge is 2.37. The molecule has 0 fully saturated rings. The Morgan fingerprint density at radius 1 is 0.405 bits per heavy atom. The van der Waals surface area contributed by atoms with E-state index in [1.54, 1.807) is 0 Å². The Bertz CT molecular complexity index is 572. The molecule has 0 unspecified atom stereocenters. The van der Waals surface area contributed by atoms with Gasteiger partial charge < -0.3 is 18.9 Å². The maximum atomic E-state index is 12.5. The van der Waals surface area contributed by atoms with Gasteiger partial charge >= 0.3 is 23.9 Å². The second-order valence-electron chi connectivity index (χ2n) is 9.97. The van der Waals surface area contributed by atoms with E-state index in [9.17, 15) is 19.2 Å². The standard InChI is InChI=1S/C29H52O8/c1-5-9-13-14-15-16-20-28(33)37-24-29(21-34-25(30)17-10-6-2,22-35-26(31)18-11-7-3)23-36-27(32)19-12-8-4/h5-24H2,1-4H3. The molecule has 0 radical (unpaired) electrons. The molecule has 0 amide bonds. The summed E-state index contributed by atoms with van der Waals surface area (Å²) in [5.74, 6) is -1.54. The van der Waals surface area contributed by atoms with Crippen LogP contribution in [0.15, 0.2) is 0 Å². The van der Waals surface area contributed by atoms with Gasteiger partial charge in [0.25, 0.3) is 0 Å². The normalized spacial score (nSPS) is 11.1. The topological polar surface area (TPSA) is 105 Å². The van der Waals surface area contributed by atoms with Crippen LogP contribution in [0, 0.1) is 5.41 Å². The van der Waals surface area contributed by atoms with Gasteiger partial charge in [-0.05, 0) is 25.7 Å². The highest BCUT2D eigenvalue weighted by Crippen LogP contribution is 2.23. The molecule has 0 saturated carbocycles. The molecule has 0 aromatic rings. The fourth-order valence-electron chi connectivity index (χ4n) is 3.49. The summed E-state index contributed by atoms with van der Waals surface area (Å²) in [6.07, 6.45) is 12.0. The van der Waals surface area contributed by atoms with E-state index in [4.69, 9.17) is 18.9 Å². The van der Waals surface area contributed by atoms with Gasteiger partial charge in [-0.2, -0.15) is 0 Å². The largest absolute Gasteiger partial charge is 0.465 e. The Morgan fingerprint density at radius 2 is 0.676 bits per heavy atom. The molecule has 0 atom stereocenters. The first-order valence-corrected chi connectivity index (χ1v) is 14.4. The molecule has 0 aliphatic heterocycles. The summed E-state index contributed by atoms with van der Waals surface area (Å²) in [4.78, 5) is 49.2. The fraction of sp³-hybridized carbons (Fsp3) is 0.862. The van der Waals surface area contributed by atoms with Crippen molar-refractivity contribution >= 4 is 23.9 Å². The predicted octanol–water partition coefficient (Wildman–Crippen LogP) is 6.47. The van der Waals surface area contributed by atoms with Crippen molar-refractivity contribution in [1.82, 2.24) is 0 Å². The van der Waals surface area contributed by atoms with Crippen LogP contribution in [0.3, 0.4) is 0 Å². The molecule has 0 aromatic carbocycles. The van der Waals surface area contributed by atoms with Crippen molar-refractivity contribution < 1.29 is 38.1 Å². The van der Waals surface area contributed by atoms with Crippen LogP contribution >= 0.6 is 0 Å². The van der Waals surface area contributed by atoms with Gasteiger partial charge in [0.15, 0.2) is 0 Å². The van der Waals surface area contributed by atoms with Gasteiger partial charge in [-0.1, -0.05) is 79.1 Å². The fourth-order valence-corrected chi connectivity index (χ4v) is 3.49. The van der Waals surface area contributed by atoms with E-state index in [0.717, 1.165) is 44.9 Å². The summed E-state index contributed by atoms with van der Waals surface area (Å²) in [7, 11) is 0. The Morgan fingerprint density at radius 3 is 1.00 bits per heavy atom. The molecule has 0 saturated heterocycles. The van der Waals surface area contributed by atoms with Gasteiger partial charge in [0.1, 0.15) is 31.8 Å². The van der Waals surface area contributed by atoms with Crippen LogP contribution in [0.4, 0.5) is 0 Å². The third-order valence-corrected chi connectivity index (χ3v) is 6.10. The van der Waals surface area contributed by atoms with Crippen LogP contribution in [-0.2, 0) is 38.1 Å².